The number of terminal acetylenes is 1. The Morgan fingerprint density at radius 1 is 1.35 bits per heavy atom. The van der Waals surface area contributed by atoms with Gasteiger partial charge in [-0.25, -0.2) is 18.4 Å². The van der Waals surface area contributed by atoms with Crippen molar-refractivity contribution in [1.82, 2.24) is 25.1 Å². The van der Waals surface area contributed by atoms with Gasteiger partial charge in [-0.3, -0.25) is 5.10 Å². The van der Waals surface area contributed by atoms with Crippen molar-refractivity contribution < 1.29 is 8.42 Å². The van der Waals surface area contributed by atoms with Crippen LogP contribution in [0.1, 0.15) is 36.4 Å². The molecule has 1 fully saturated rings. The minimum absolute atomic E-state index is 0.108. The van der Waals surface area contributed by atoms with E-state index >= 15 is 0 Å². The van der Waals surface area contributed by atoms with Crippen molar-refractivity contribution in [2.45, 2.75) is 29.4 Å². The number of anilines is 2. The normalized spacial score (nSPS) is 14.0. The maximum atomic E-state index is 12.6. The van der Waals surface area contributed by atoms with Crippen molar-refractivity contribution in [3.8, 4) is 23.0 Å². The number of aromatic amines is 1. The summed E-state index contributed by atoms with van der Waals surface area (Å²) in [5, 5.41) is 10.5. The molecule has 0 unspecified atom stereocenters. The molecule has 8 nitrogen and oxygen atoms in total. The summed E-state index contributed by atoms with van der Waals surface area (Å²) < 4.78 is 25.6. The molecule has 0 bridgehead atoms. The molecular weight excluding hydrogens is 432 g/mol. The molecule has 3 aromatic heterocycles. The molecular formula is C21H24N6O2S2. The zero-order valence-electron chi connectivity index (χ0n) is 17.4. The number of hydrogen-bond acceptors (Lipinski definition) is 8. The van der Waals surface area contributed by atoms with E-state index in [1.54, 1.807) is 18.3 Å². The molecule has 0 saturated heterocycles. The Balaban J connectivity index is 1.54. The second-order valence-electron chi connectivity index (χ2n) is 7.80. The summed E-state index contributed by atoms with van der Waals surface area (Å²) in [7, 11) is 0.510. The molecule has 0 spiro atoms. The van der Waals surface area contributed by atoms with Gasteiger partial charge in [0, 0.05) is 23.9 Å². The molecule has 3 heterocycles. The molecule has 162 valence electrons. The van der Waals surface area contributed by atoms with Gasteiger partial charge in [-0.2, -0.15) is 5.10 Å². The first-order chi connectivity index (χ1) is 14.9. The van der Waals surface area contributed by atoms with E-state index in [0.717, 1.165) is 12.2 Å². The highest BCUT2D eigenvalue weighted by Gasteiger charge is 2.25. The molecule has 0 aromatic carbocycles. The highest BCUT2D eigenvalue weighted by Crippen LogP contribution is 2.39. The van der Waals surface area contributed by atoms with Crippen LogP contribution in [0.15, 0.2) is 28.6 Å². The first-order valence-electron chi connectivity index (χ1n) is 9.99. The summed E-state index contributed by atoms with van der Waals surface area (Å²) in [5.74, 6) is 4.76. The largest absolute Gasteiger partial charge is 0.322 e. The van der Waals surface area contributed by atoms with Gasteiger partial charge in [-0.05, 0) is 52.0 Å². The Bertz CT molecular complexity index is 1220. The third kappa shape index (κ3) is 5.12. The van der Waals surface area contributed by atoms with Crippen LogP contribution in [0.25, 0.3) is 10.7 Å². The molecule has 3 aromatic rings. The first kappa shape index (κ1) is 21.5. The summed E-state index contributed by atoms with van der Waals surface area (Å²) in [6.45, 7) is 0.721. The van der Waals surface area contributed by atoms with Gasteiger partial charge in [0.15, 0.2) is 27.3 Å². The summed E-state index contributed by atoms with van der Waals surface area (Å²) in [5.41, 5.74) is 1.61. The van der Waals surface area contributed by atoms with Crippen LogP contribution < -0.4 is 5.32 Å². The van der Waals surface area contributed by atoms with Crippen molar-refractivity contribution in [1.29, 1.82) is 0 Å². The molecule has 1 saturated carbocycles. The SMILES string of the molecule is C#Cc1cnc(-c2ccc(S(=O)(=O)CCCN(C)C)s2)nc1Nc1cc(C2CC2)[nH]n1. The van der Waals surface area contributed by atoms with Crippen molar-refractivity contribution >= 4 is 32.8 Å². The smallest absolute Gasteiger partial charge is 0.187 e. The highest BCUT2D eigenvalue weighted by atomic mass is 32.2. The maximum absolute atomic E-state index is 12.6. The van der Waals surface area contributed by atoms with Crippen LogP contribution in [-0.2, 0) is 9.84 Å². The fourth-order valence-electron chi connectivity index (χ4n) is 3.11. The average molecular weight is 457 g/mol. The molecule has 0 aliphatic heterocycles. The molecule has 31 heavy (non-hydrogen) atoms. The quantitative estimate of drug-likeness (QED) is 0.476. The van der Waals surface area contributed by atoms with Crippen LogP contribution in [-0.4, -0.2) is 59.9 Å². The van der Waals surface area contributed by atoms with Crippen molar-refractivity contribution in [2.24, 2.45) is 0 Å². The second-order valence-corrected chi connectivity index (χ2v) is 11.2. The zero-order valence-corrected chi connectivity index (χ0v) is 19.1. The van der Waals surface area contributed by atoms with E-state index in [1.165, 1.54) is 24.2 Å². The standard InChI is InChI=1S/C21H24N6O2S2/c1-4-14-13-22-21(24-20(14)23-18-12-16(25-26-18)15-6-7-15)17-8-9-19(30-17)31(28,29)11-5-10-27(2)3/h1,8-9,12-13,15H,5-7,10-11H2,2-3H3,(H2,22,23,24,25,26). The van der Waals surface area contributed by atoms with Crippen molar-refractivity contribution in [3.05, 3.63) is 35.7 Å². The molecule has 2 N–H and O–H groups in total. The van der Waals surface area contributed by atoms with E-state index < -0.39 is 9.84 Å². The Morgan fingerprint density at radius 2 is 2.16 bits per heavy atom. The Hall–Kier alpha value is -2.74. The molecule has 1 aliphatic rings. The van der Waals surface area contributed by atoms with Gasteiger partial charge in [0.05, 0.1) is 16.2 Å². The van der Waals surface area contributed by atoms with Gasteiger partial charge >= 0.3 is 0 Å². The van der Waals surface area contributed by atoms with E-state index in [0.29, 0.717) is 44.4 Å². The third-order valence-electron chi connectivity index (χ3n) is 4.93. The van der Waals surface area contributed by atoms with Crippen LogP contribution in [0.5, 0.6) is 0 Å². The number of sulfone groups is 1. The number of nitrogens with zero attached hydrogens (tertiary/aromatic N) is 4. The van der Waals surface area contributed by atoms with Crippen LogP contribution in [0.3, 0.4) is 0 Å². The number of rotatable bonds is 9. The number of nitrogens with one attached hydrogen (secondary N) is 2. The molecule has 0 amide bonds. The number of aromatic nitrogens is 4. The lowest BCUT2D eigenvalue weighted by molar-refractivity contribution is 0.408. The van der Waals surface area contributed by atoms with E-state index in [4.69, 9.17) is 6.42 Å². The lowest BCUT2D eigenvalue weighted by Gasteiger charge is -2.08. The van der Waals surface area contributed by atoms with Crippen LogP contribution in [0.2, 0.25) is 0 Å². The van der Waals surface area contributed by atoms with Gasteiger partial charge in [0.1, 0.15) is 4.21 Å². The molecule has 1 aliphatic carbocycles. The fourth-order valence-corrected chi connectivity index (χ4v) is 5.80. The summed E-state index contributed by atoms with van der Waals surface area (Å²) >= 11 is 1.17. The zero-order chi connectivity index (χ0) is 22.0. The van der Waals surface area contributed by atoms with Gasteiger partial charge in [0.25, 0.3) is 0 Å². The van der Waals surface area contributed by atoms with E-state index in [-0.39, 0.29) is 5.75 Å². The van der Waals surface area contributed by atoms with Crippen LogP contribution in [0, 0.1) is 12.3 Å². The van der Waals surface area contributed by atoms with Crippen molar-refractivity contribution in [2.75, 3.05) is 31.7 Å². The Labute approximate surface area is 186 Å². The summed E-state index contributed by atoms with van der Waals surface area (Å²) in [6, 6.07) is 5.31. The number of H-pyrrole nitrogens is 1. The fraction of sp³-hybridized carbons (Fsp3) is 0.381. The van der Waals surface area contributed by atoms with Crippen LogP contribution >= 0.6 is 11.3 Å². The minimum Gasteiger partial charge on any atom is -0.322 e. The van der Waals surface area contributed by atoms with Gasteiger partial charge in [0.2, 0.25) is 0 Å². The van der Waals surface area contributed by atoms with E-state index in [1.807, 2.05) is 25.1 Å². The number of thiophene rings is 1. The Morgan fingerprint density at radius 3 is 2.87 bits per heavy atom. The predicted molar refractivity (Wildman–Crippen MR) is 122 cm³/mol. The van der Waals surface area contributed by atoms with Gasteiger partial charge in [-0.1, -0.05) is 5.92 Å². The Kier molecular flexibility index (Phi) is 6.09. The van der Waals surface area contributed by atoms with Crippen molar-refractivity contribution in [3.63, 3.8) is 0 Å². The van der Waals surface area contributed by atoms with E-state index in [2.05, 4.69) is 31.4 Å². The lowest BCUT2D eigenvalue weighted by atomic mass is 10.3. The summed E-state index contributed by atoms with van der Waals surface area (Å²) in [6.07, 6.45) is 10.1. The monoisotopic (exact) mass is 456 g/mol. The molecule has 10 heteroatoms. The average Bonchev–Trinajstić information content (AvgIpc) is 3.25. The summed E-state index contributed by atoms with van der Waals surface area (Å²) in [4.78, 5) is 11.5. The highest BCUT2D eigenvalue weighted by molar-refractivity contribution is 7.93. The predicted octanol–water partition coefficient (Wildman–Crippen LogP) is 3.26. The number of hydrogen-bond donors (Lipinski definition) is 2. The third-order valence-corrected chi connectivity index (χ3v) is 8.40. The first-order valence-corrected chi connectivity index (χ1v) is 12.5. The van der Waals surface area contributed by atoms with Gasteiger partial charge < -0.3 is 10.2 Å². The van der Waals surface area contributed by atoms with Gasteiger partial charge in [-0.15, -0.1) is 17.8 Å². The molecule has 4 rings (SSSR count). The lowest BCUT2D eigenvalue weighted by Crippen LogP contribution is -2.16. The van der Waals surface area contributed by atoms with Crippen LogP contribution in [0.4, 0.5) is 11.6 Å². The molecule has 0 radical (unpaired) electrons. The van der Waals surface area contributed by atoms with E-state index in [9.17, 15) is 8.42 Å². The molecule has 0 atom stereocenters. The minimum atomic E-state index is -3.34. The second kappa shape index (κ2) is 8.78. The maximum Gasteiger partial charge on any atom is 0.187 e. The topological polar surface area (TPSA) is 104 Å².